The summed E-state index contributed by atoms with van der Waals surface area (Å²) in [5.41, 5.74) is 1.97. The van der Waals surface area contributed by atoms with Crippen LogP contribution in [0, 0.1) is 6.92 Å². The third-order valence-corrected chi connectivity index (χ3v) is 7.86. The van der Waals surface area contributed by atoms with Crippen molar-refractivity contribution in [1.29, 1.82) is 0 Å². The number of hydrogen-bond donors (Lipinski definition) is 1. The monoisotopic (exact) mass is 508 g/mol. The molecule has 1 saturated carbocycles. The first-order chi connectivity index (χ1) is 17.3. The lowest BCUT2D eigenvalue weighted by Crippen LogP contribution is -2.38. The topological polar surface area (TPSA) is 84.9 Å². The van der Waals surface area contributed by atoms with Crippen molar-refractivity contribution >= 4 is 27.3 Å². The molecule has 0 heterocycles. The van der Waals surface area contributed by atoms with Gasteiger partial charge in [-0.1, -0.05) is 17.7 Å². The van der Waals surface area contributed by atoms with E-state index in [0.717, 1.165) is 28.5 Å². The van der Waals surface area contributed by atoms with Crippen molar-refractivity contribution in [2.24, 2.45) is 0 Å². The molecule has 0 aliphatic heterocycles. The second kappa shape index (κ2) is 11.5. The summed E-state index contributed by atoms with van der Waals surface area (Å²) in [6.45, 7) is 3.88. The number of amides is 1. The van der Waals surface area contributed by atoms with Crippen LogP contribution >= 0.6 is 0 Å². The molecule has 0 radical (unpaired) electrons. The molecule has 36 heavy (non-hydrogen) atoms. The minimum Gasteiger partial charge on any atom is -0.494 e. The molecule has 1 aliphatic carbocycles. The van der Waals surface area contributed by atoms with E-state index in [-0.39, 0.29) is 17.5 Å². The van der Waals surface area contributed by atoms with Crippen LogP contribution in [-0.4, -0.2) is 33.6 Å². The quantitative estimate of drug-likeness (QED) is 0.388. The molecule has 1 aliphatic rings. The molecule has 0 spiro atoms. The number of carbonyl (C=O) groups is 1. The second-order valence-corrected chi connectivity index (χ2v) is 10.7. The normalized spacial score (nSPS) is 13.8. The van der Waals surface area contributed by atoms with Gasteiger partial charge in [0.25, 0.3) is 10.0 Å². The van der Waals surface area contributed by atoms with Gasteiger partial charge in [-0.25, -0.2) is 8.42 Å². The Bertz CT molecular complexity index is 1250. The smallest absolute Gasteiger partial charge is 0.264 e. The van der Waals surface area contributed by atoms with Gasteiger partial charge in [0.05, 0.1) is 23.3 Å². The van der Waals surface area contributed by atoms with Gasteiger partial charge < -0.3 is 14.8 Å². The van der Waals surface area contributed by atoms with Crippen molar-refractivity contribution < 1.29 is 22.7 Å². The fourth-order valence-electron chi connectivity index (χ4n) is 4.17. The molecule has 3 aromatic rings. The van der Waals surface area contributed by atoms with Gasteiger partial charge >= 0.3 is 0 Å². The lowest BCUT2D eigenvalue weighted by Gasteiger charge is -2.24. The highest BCUT2D eigenvalue weighted by molar-refractivity contribution is 7.92. The molecule has 1 N–H and O–H groups in total. The van der Waals surface area contributed by atoms with Gasteiger partial charge in [0, 0.05) is 5.69 Å². The zero-order valence-corrected chi connectivity index (χ0v) is 21.5. The van der Waals surface area contributed by atoms with E-state index >= 15 is 0 Å². The number of ether oxygens (including phenoxy) is 2. The van der Waals surface area contributed by atoms with Crippen LogP contribution in [-0.2, 0) is 14.8 Å². The van der Waals surface area contributed by atoms with Gasteiger partial charge in [-0.15, -0.1) is 0 Å². The Morgan fingerprint density at radius 2 is 1.53 bits per heavy atom. The van der Waals surface area contributed by atoms with Gasteiger partial charge in [0.1, 0.15) is 18.0 Å². The van der Waals surface area contributed by atoms with Crippen molar-refractivity contribution in [2.75, 3.05) is 22.8 Å². The molecule has 8 heteroatoms. The predicted molar refractivity (Wildman–Crippen MR) is 141 cm³/mol. The highest BCUT2D eigenvalue weighted by Gasteiger charge is 2.27. The predicted octanol–water partition coefficient (Wildman–Crippen LogP) is 5.55. The number of sulfonamides is 1. The van der Waals surface area contributed by atoms with Crippen molar-refractivity contribution in [1.82, 2.24) is 0 Å². The second-order valence-electron chi connectivity index (χ2n) is 8.85. The minimum atomic E-state index is -4.01. The number of nitrogens with one attached hydrogen (secondary N) is 1. The zero-order chi connectivity index (χ0) is 25.5. The van der Waals surface area contributed by atoms with Gasteiger partial charge in [0.2, 0.25) is 5.91 Å². The summed E-state index contributed by atoms with van der Waals surface area (Å²) >= 11 is 0. The van der Waals surface area contributed by atoms with E-state index < -0.39 is 15.9 Å². The van der Waals surface area contributed by atoms with Crippen molar-refractivity contribution in [3.63, 3.8) is 0 Å². The molecule has 1 amide bonds. The average molecular weight is 509 g/mol. The summed E-state index contributed by atoms with van der Waals surface area (Å²) < 4.78 is 39.7. The summed E-state index contributed by atoms with van der Waals surface area (Å²) in [5.74, 6) is 0.894. The Kier molecular flexibility index (Phi) is 8.15. The van der Waals surface area contributed by atoms with Crippen LogP contribution in [0.3, 0.4) is 0 Å². The fraction of sp³-hybridized carbons (Fsp3) is 0.321. The van der Waals surface area contributed by atoms with Crippen LogP contribution in [0.4, 0.5) is 11.4 Å². The lowest BCUT2D eigenvalue weighted by atomic mass is 10.2. The van der Waals surface area contributed by atoms with Crippen LogP contribution in [0.25, 0.3) is 0 Å². The maximum atomic E-state index is 13.6. The minimum absolute atomic E-state index is 0.0766. The number of hydrogen-bond acceptors (Lipinski definition) is 5. The number of aryl methyl sites for hydroxylation is 1. The summed E-state index contributed by atoms with van der Waals surface area (Å²) in [5, 5.41) is 2.80. The summed E-state index contributed by atoms with van der Waals surface area (Å²) in [4.78, 5) is 13.1. The van der Waals surface area contributed by atoms with Crippen LogP contribution in [0.1, 0.15) is 38.2 Å². The number of benzene rings is 3. The van der Waals surface area contributed by atoms with E-state index in [4.69, 9.17) is 9.47 Å². The Hall–Kier alpha value is -3.52. The molecule has 190 valence electrons. The molecule has 0 atom stereocenters. The maximum Gasteiger partial charge on any atom is 0.264 e. The van der Waals surface area contributed by atoms with Gasteiger partial charge in [-0.05, 0) is 100 Å². The van der Waals surface area contributed by atoms with E-state index in [1.165, 1.54) is 25.0 Å². The fourth-order valence-corrected chi connectivity index (χ4v) is 5.60. The van der Waals surface area contributed by atoms with Crippen molar-refractivity contribution in [3.8, 4) is 11.5 Å². The van der Waals surface area contributed by atoms with Crippen molar-refractivity contribution in [2.45, 2.75) is 50.5 Å². The largest absolute Gasteiger partial charge is 0.494 e. The first-order valence-corrected chi connectivity index (χ1v) is 13.7. The molecule has 7 nitrogen and oxygen atoms in total. The van der Waals surface area contributed by atoms with E-state index in [1.807, 2.05) is 38.1 Å². The number of rotatable bonds is 10. The Labute approximate surface area is 213 Å². The first kappa shape index (κ1) is 25.6. The summed E-state index contributed by atoms with van der Waals surface area (Å²) in [6.07, 6.45) is 4.76. The molecule has 1 fully saturated rings. The lowest BCUT2D eigenvalue weighted by molar-refractivity contribution is -0.114. The number of nitrogens with zero attached hydrogens (tertiary/aromatic N) is 1. The molecule has 0 unspecified atom stereocenters. The molecule has 0 bridgehead atoms. The number of carbonyl (C=O) groups excluding carboxylic acids is 1. The third-order valence-electron chi connectivity index (χ3n) is 6.07. The summed E-state index contributed by atoms with van der Waals surface area (Å²) in [7, 11) is -4.01. The average Bonchev–Trinajstić information content (AvgIpc) is 3.38. The van der Waals surface area contributed by atoms with E-state index in [9.17, 15) is 13.2 Å². The van der Waals surface area contributed by atoms with E-state index in [1.54, 1.807) is 36.4 Å². The molecular formula is C28H32N2O5S. The third kappa shape index (κ3) is 6.37. The highest BCUT2D eigenvalue weighted by atomic mass is 32.2. The van der Waals surface area contributed by atoms with Gasteiger partial charge in [-0.3, -0.25) is 9.10 Å². The maximum absolute atomic E-state index is 13.6. The van der Waals surface area contributed by atoms with Gasteiger partial charge in [0.15, 0.2) is 0 Å². The molecule has 0 saturated heterocycles. The molecular weight excluding hydrogens is 476 g/mol. The Morgan fingerprint density at radius 1 is 0.917 bits per heavy atom. The zero-order valence-electron chi connectivity index (χ0n) is 20.6. The van der Waals surface area contributed by atoms with Crippen LogP contribution in [0.15, 0.2) is 77.7 Å². The van der Waals surface area contributed by atoms with Gasteiger partial charge in [-0.2, -0.15) is 0 Å². The molecule has 3 aromatic carbocycles. The van der Waals surface area contributed by atoms with E-state index in [2.05, 4.69) is 5.32 Å². The van der Waals surface area contributed by atoms with Crippen LogP contribution < -0.4 is 19.1 Å². The van der Waals surface area contributed by atoms with Crippen LogP contribution in [0.5, 0.6) is 11.5 Å². The first-order valence-electron chi connectivity index (χ1n) is 12.2. The highest BCUT2D eigenvalue weighted by Crippen LogP contribution is 2.27. The SMILES string of the molecule is CCOc1ccc(S(=O)(=O)N(CC(=O)Nc2ccc(OC3CCCC3)cc2)c2ccc(C)cc2)cc1. The Balaban J connectivity index is 1.51. The molecule has 4 rings (SSSR count). The Morgan fingerprint density at radius 3 is 2.14 bits per heavy atom. The number of anilines is 2. The van der Waals surface area contributed by atoms with Crippen molar-refractivity contribution in [3.05, 3.63) is 78.4 Å². The van der Waals surface area contributed by atoms with E-state index in [0.29, 0.717) is 23.7 Å². The van der Waals surface area contributed by atoms with Crippen LogP contribution in [0.2, 0.25) is 0 Å². The standard InChI is InChI=1S/C28H32N2O5S/c1-3-34-24-16-18-27(19-17-24)36(32,33)30(23-12-8-21(2)9-13-23)20-28(31)29-22-10-14-26(15-11-22)35-25-6-4-5-7-25/h8-19,25H,3-7,20H2,1-2H3,(H,29,31). The summed E-state index contributed by atoms with van der Waals surface area (Å²) in [6, 6.07) is 20.4. The molecule has 0 aromatic heterocycles.